The maximum absolute atomic E-state index is 14.2. The number of fused-ring (bicyclic) bond motifs is 1. The summed E-state index contributed by atoms with van der Waals surface area (Å²) in [5.41, 5.74) is 1.97. The molecule has 8 nitrogen and oxygen atoms in total. The zero-order chi connectivity index (χ0) is 29.9. The highest BCUT2D eigenvalue weighted by atomic mass is 32.2. The second-order valence-electron chi connectivity index (χ2n) is 11.7. The van der Waals surface area contributed by atoms with Crippen molar-refractivity contribution in [2.24, 2.45) is 0 Å². The Bertz CT molecular complexity index is 1540. The predicted octanol–water partition coefficient (Wildman–Crippen LogP) is 5.93. The summed E-state index contributed by atoms with van der Waals surface area (Å²) in [4.78, 5) is 29.9. The summed E-state index contributed by atoms with van der Waals surface area (Å²) in [6, 6.07) is 8.40. The molecule has 3 aromatic rings. The molecule has 4 aliphatic rings. The molecule has 228 valence electrons. The molecule has 0 bridgehead atoms. The maximum atomic E-state index is 14.2. The lowest BCUT2D eigenvalue weighted by atomic mass is 10.1. The summed E-state index contributed by atoms with van der Waals surface area (Å²) in [7, 11) is 2.14. The molecule has 1 atom stereocenters. The fourth-order valence-electron chi connectivity index (χ4n) is 5.82. The number of hydrogen-bond acceptors (Lipinski definition) is 9. The van der Waals surface area contributed by atoms with Gasteiger partial charge in [0.05, 0.1) is 29.8 Å². The molecule has 7 rings (SSSR count). The Morgan fingerprint density at radius 1 is 1.12 bits per heavy atom. The van der Waals surface area contributed by atoms with Gasteiger partial charge in [-0.1, -0.05) is 0 Å². The van der Waals surface area contributed by atoms with Gasteiger partial charge in [-0.15, -0.1) is 23.1 Å². The monoisotopic (exact) mass is 630 g/mol. The number of anilines is 3. The standard InChI is InChI=1S/C30H33F3N6O2S2/c1-17-14-38(8-7-37(17)2)19-5-6-23(21(11-19)18-3-4-18)35-29-34-13-22(30(31,32)33)26(36-29)24-12-25-27(43-24)28(40)39(9-10-42-25)20-15-41-16-20/h5-6,11-13,17-18,20H,3-4,7-10,14-16H2,1-2H3,(H,34,35,36)/t17-/m1/s1. The number of nitrogens with one attached hydrogen (secondary N) is 1. The van der Waals surface area contributed by atoms with E-state index in [0.29, 0.717) is 52.1 Å². The molecule has 1 N–H and O–H groups in total. The van der Waals surface area contributed by atoms with Crippen LogP contribution in [-0.2, 0) is 10.9 Å². The van der Waals surface area contributed by atoms with Gasteiger partial charge < -0.3 is 24.8 Å². The van der Waals surface area contributed by atoms with E-state index in [9.17, 15) is 18.0 Å². The lowest BCUT2D eigenvalue weighted by molar-refractivity contribution is -0.137. The Morgan fingerprint density at radius 2 is 1.93 bits per heavy atom. The van der Waals surface area contributed by atoms with Crippen molar-refractivity contribution < 1.29 is 22.7 Å². The zero-order valence-corrected chi connectivity index (χ0v) is 25.6. The molecule has 43 heavy (non-hydrogen) atoms. The minimum absolute atomic E-state index is 0.0110. The van der Waals surface area contributed by atoms with Crippen molar-refractivity contribution in [3.8, 4) is 10.6 Å². The van der Waals surface area contributed by atoms with Crippen LogP contribution in [0.3, 0.4) is 0 Å². The molecule has 1 saturated carbocycles. The Kier molecular flexibility index (Phi) is 7.55. The van der Waals surface area contributed by atoms with E-state index in [1.165, 1.54) is 11.8 Å². The van der Waals surface area contributed by atoms with Crippen LogP contribution in [0.2, 0.25) is 0 Å². The lowest BCUT2D eigenvalue weighted by Gasteiger charge is -2.39. The number of hydrogen-bond donors (Lipinski definition) is 1. The number of halogens is 3. The number of carbonyl (C=O) groups is 1. The highest BCUT2D eigenvalue weighted by Crippen LogP contribution is 2.46. The fourth-order valence-corrected chi connectivity index (χ4v) is 8.14. The average molecular weight is 631 g/mol. The van der Waals surface area contributed by atoms with Crippen molar-refractivity contribution in [3.63, 3.8) is 0 Å². The van der Waals surface area contributed by atoms with E-state index in [1.807, 2.05) is 6.07 Å². The first kappa shape index (κ1) is 28.9. The zero-order valence-electron chi connectivity index (χ0n) is 24.0. The molecule has 2 saturated heterocycles. The molecular weight excluding hydrogens is 597 g/mol. The van der Waals surface area contributed by atoms with E-state index in [-0.39, 0.29) is 23.6 Å². The number of piperazine rings is 1. The molecular formula is C30H33F3N6O2S2. The van der Waals surface area contributed by atoms with Crippen molar-refractivity contribution in [2.75, 3.05) is 62.4 Å². The minimum atomic E-state index is -4.65. The topological polar surface area (TPSA) is 73.8 Å². The number of carbonyl (C=O) groups excluding carboxylic acids is 1. The van der Waals surface area contributed by atoms with Crippen LogP contribution in [0.5, 0.6) is 0 Å². The van der Waals surface area contributed by atoms with Crippen molar-refractivity contribution in [2.45, 2.75) is 48.8 Å². The summed E-state index contributed by atoms with van der Waals surface area (Å²) in [6.45, 7) is 6.66. The van der Waals surface area contributed by atoms with Gasteiger partial charge in [-0.3, -0.25) is 4.79 Å². The highest BCUT2D eigenvalue weighted by molar-refractivity contribution is 7.99. The normalized spacial score (nSPS) is 21.9. The van der Waals surface area contributed by atoms with Crippen LogP contribution < -0.4 is 10.2 Å². The smallest absolute Gasteiger partial charge is 0.377 e. The van der Waals surface area contributed by atoms with Gasteiger partial charge in [0.15, 0.2) is 0 Å². The van der Waals surface area contributed by atoms with Crippen LogP contribution in [0.1, 0.15) is 46.5 Å². The summed E-state index contributed by atoms with van der Waals surface area (Å²) >= 11 is 2.56. The third-order valence-electron chi connectivity index (χ3n) is 8.76. The molecule has 13 heteroatoms. The second-order valence-corrected chi connectivity index (χ2v) is 13.9. The summed E-state index contributed by atoms with van der Waals surface area (Å²) in [5, 5.41) is 3.24. The van der Waals surface area contributed by atoms with E-state index in [0.717, 1.165) is 66.9 Å². The summed E-state index contributed by atoms with van der Waals surface area (Å²) in [6.07, 6.45) is -1.65. The Hall–Kier alpha value is -2.87. The van der Waals surface area contributed by atoms with E-state index < -0.39 is 11.7 Å². The number of rotatable bonds is 6. The predicted molar refractivity (Wildman–Crippen MR) is 163 cm³/mol. The minimum Gasteiger partial charge on any atom is -0.377 e. The van der Waals surface area contributed by atoms with Crippen LogP contribution in [-0.4, -0.2) is 90.0 Å². The molecule has 3 fully saturated rings. The van der Waals surface area contributed by atoms with Gasteiger partial charge in [0, 0.05) is 60.4 Å². The number of alkyl halides is 3. The maximum Gasteiger partial charge on any atom is 0.420 e. The molecule has 0 radical (unpaired) electrons. The second kappa shape index (κ2) is 11.2. The molecule has 1 aliphatic carbocycles. The van der Waals surface area contributed by atoms with Crippen LogP contribution in [0, 0.1) is 0 Å². The Morgan fingerprint density at radius 3 is 2.63 bits per heavy atom. The van der Waals surface area contributed by atoms with Crippen LogP contribution >= 0.6 is 23.1 Å². The molecule has 5 heterocycles. The van der Waals surface area contributed by atoms with E-state index >= 15 is 0 Å². The van der Waals surface area contributed by atoms with Crippen molar-refractivity contribution in [1.82, 2.24) is 19.8 Å². The number of aromatic nitrogens is 2. The first-order chi connectivity index (χ1) is 20.7. The lowest BCUT2D eigenvalue weighted by Crippen LogP contribution is -2.52. The van der Waals surface area contributed by atoms with Gasteiger partial charge in [0.2, 0.25) is 5.95 Å². The number of benzene rings is 1. The van der Waals surface area contributed by atoms with Crippen LogP contribution in [0.15, 0.2) is 35.4 Å². The van der Waals surface area contributed by atoms with Crippen molar-refractivity contribution >= 4 is 46.3 Å². The number of thioether (sulfide) groups is 1. The van der Waals surface area contributed by atoms with Gasteiger partial charge in [-0.2, -0.15) is 13.2 Å². The molecule has 2 aromatic heterocycles. The Balaban J connectivity index is 1.20. The van der Waals surface area contributed by atoms with E-state index in [4.69, 9.17) is 4.74 Å². The van der Waals surface area contributed by atoms with Gasteiger partial charge in [-0.05, 0) is 62.6 Å². The number of nitrogens with zero attached hydrogens (tertiary/aromatic N) is 5. The third-order valence-corrected chi connectivity index (χ3v) is 11.0. The average Bonchev–Trinajstić information content (AvgIpc) is 3.73. The largest absolute Gasteiger partial charge is 0.420 e. The number of amides is 1. The molecule has 1 aromatic carbocycles. The van der Waals surface area contributed by atoms with E-state index in [1.54, 1.807) is 11.0 Å². The Labute approximate surface area is 256 Å². The number of thiophene rings is 1. The van der Waals surface area contributed by atoms with Gasteiger partial charge in [0.25, 0.3) is 5.91 Å². The summed E-state index contributed by atoms with van der Waals surface area (Å²) in [5.74, 6) is 1.01. The van der Waals surface area contributed by atoms with Crippen molar-refractivity contribution in [1.29, 1.82) is 0 Å². The van der Waals surface area contributed by atoms with Crippen molar-refractivity contribution in [3.05, 3.63) is 46.5 Å². The SMILES string of the molecule is C[C@@H]1CN(c2ccc(Nc3ncc(C(F)(F)F)c(-c4cc5c(s4)C(=O)N(C4COC4)CCS5)n3)c(C3CC3)c2)CCN1C. The van der Waals surface area contributed by atoms with Gasteiger partial charge >= 0.3 is 6.18 Å². The van der Waals surface area contributed by atoms with Crippen LogP contribution in [0.4, 0.5) is 30.5 Å². The number of ether oxygens (including phenoxy) is 1. The molecule has 0 unspecified atom stereocenters. The summed E-state index contributed by atoms with van der Waals surface area (Å²) < 4.78 is 47.9. The van der Waals surface area contributed by atoms with Gasteiger partial charge in [-0.25, -0.2) is 9.97 Å². The quantitative estimate of drug-likeness (QED) is 0.359. The first-order valence-corrected chi connectivity index (χ1v) is 16.4. The number of likely N-dealkylation sites (N-methyl/N-ethyl adjacent to an activating group) is 1. The van der Waals surface area contributed by atoms with E-state index in [2.05, 4.69) is 51.2 Å². The van der Waals surface area contributed by atoms with Gasteiger partial charge in [0.1, 0.15) is 10.4 Å². The fraction of sp³-hybridized carbons (Fsp3) is 0.500. The molecule has 3 aliphatic heterocycles. The third kappa shape index (κ3) is 5.72. The van der Waals surface area contributed by atoms with Crippen LogP contribution in [0.25, 0.3) is 10.6 Å². The highest BCUT2D eigenvalue weighted by Gasteiger charge is 2.38. The molecule has 0 spiro atoms. The molecule has 1 amide bonds. The first-order valence-electron chi connectivity index (χ1n) is 14.6.